The highest BCUT2D eigenvalue weighted by Gasteiger charge is 2.32. The molecule has 0 bridgehead atoms. The van der Waals surface area contributed by atoms with Crippen LogP contribution in [0.2, 0.25) is 0 Å². The Bertz CT molecular complexity index is 752. The molecule has 1 aliphatic heterocycles. The number of aldehydes is 1. The van der Waals surface area contributed by atoms with E-state index in [4.69, 9.17) is 16.8 Å². The highest BCUT2D eigenvalue weighted by molar-refractivity contribution is 8.26. The zero-order valence-electron chi connectivity index (χ0n) is 11.1. The van der Waals surface area contributed by atoms with Gasteiger partial charge >= 0.3 is 0 Å². The first-order valence-corrected chi connectivity index (χ1v) is 8.89. The zero-order valence-corrected chi connectivity index (χ0v) is 13.6. The van der Waals surface area contributed by atoms with Crippen LogP contribution in [0.15, 0.2) is 29.2 Å². The summed E-state index contributed by atoms with van der Waals surface area (Å²) in [4.78, 5) is 24.3. The summed E-state index contributed by atoms with van der Waals surface area (Å²) in [7, 11) is -4.16. The van der Waals surface area contributed by atoms with Crippen molar-refractivity contribution in [1.29, 1.82) is 0 Å². The summed E-state index contributed by atoms with van der Waals surface area (Å²) in [5.41, 5.74) is 1.25. The van der Waals surface area contributed by atoms with Gasteiger partial charge in [0.15, 0.2) is 0 Å². The lowest BCUT2D eigenvalue weighted by Crippen LogP contribution is -2.32. The molecule has 1 fully saturated rings. The summed E-state index contributed by atoms with van der Waals surface area (Å²) in [5.74, 6) is -0.973. The van der Waals surface area contributed by atoms with E-state index in [-0.39, 0.29) is 10.9 Å². The van der Waals surface area contributed by atoms with Gasteiger partial charge in [0.1, 0.15) is 10.6 Å². The maximum Gasteiger partial charge on any atom is 0.266 e. The van der Waals surface area contributed by atoms with Crippen molar-refractivity contribution in [3.63, 3.8) is 0 Å². The molecule has 0 atom stereocenters. The lowest BCUT2D eigenvalue weighted by Gasteiger charge is -2.12. The highest BCUT2D eigenvalue weighted by Crippen LogP contribution is 2.32. The average molecular weight is 357 g/mol. The fourth-order valence-electron chi connectivity index (χ4n) is 1.72. The number of amides is 1. The van der Waals surface area contributed by atoms with Gasteiger partial charge in [-0.2, -0.15) is 8.42 Å². The SMILES string of the molecule is O=Cc1ccc(C=C2SC(=S)N(CCS(=O)(=O)O)C2=O)cc1. The molecule has 1 amide bonds. The van der Waals surface area contributed by atoms with E-state index in [1.54, 1.807) is 30.3 Å². The monoisotopic (exact) mass is 357 g/mol. The van der Waals surface area contributed by atoms with Crippen LogP contribution >= 0.6 is 24.0 Å². The Hall–Kier alpha value is -1.55. The van der Waals surface area contributed by atoms with Crippen molar-refractivity contribution in [1.82, 2.24) is 4.90 Å². The van der Waals surface area contributed by atoms with Crippen molar-refractivity contribution in [2.45, 2.75) is 0 Å². The zero-order chi connectivity index (χ0) is 16.3. The van der Waals surface area contributed by atoms with Crippen LogP contribution in [-0.2, 0) is 14.9 Å². The normalized spacial score (nSPS) is 17.3. The van der Waals surface area contributed by atoms with Crippen LogP contribution in [-0.4, -0.2) is 46.7 Å². The number of rotatable bonds is 5. The number of thiocarbonyl (C=S) groups is 1. The standard InChI is InChI=1S/C13H11NO5S3/c15-8-10-3-1-9(2-4-10)7-11-12(16)14(13(20)21-11)5-6-22(17,18)19/h1-4,7-8H,5-6H2,(H,17,18,19). The van der Waals surface area contributed by atoms with E-state index in [1.807, 2.05) is 0 Å². The van der Waals surface area contributed by atoms with E-state index < -0.39 is 21.8 Å². The minimum Gasteiger partial charge on any atom is -0.298 e. The molecule has 9 heteroatoms. The van der Waals surface area contributed by atoms with Crippen molar-refractivity contribution in [2.24, 2.45) is 0 Å². The maximum atomic E-state index is 12.2. The summed E-state index contributed by atoms with van der Waals surface area (Å²) in [6.45, 7) is -0.190. The van der Waals surface area contributed by atoms with Crippen LogP contribution in [0.4, 0.5) is 0 Å². The van der Waals surface area contributed by atoms with Crippen molar-refractivity contribution < 1.29 is 22.6 Å². The number of thioether (sulfide) groups is 1. The summed E-state index contributed by atoms with van der Waals surface area (Å²) in [5, 5.41) is 0. The molecule has 116 valence electrons. The summed E-state index contributed by atoms with van der Waals surface area (Å²) in [6.07, 6.45) is 2.33. The molecule has 1 aromatic carbocycles. The molecule has 1 saturated heterocycles. The number of hydrogen-bond acceptors (Lipinski definition) is 6. The van der Waals surface area contributed by atoms with Crippen molar-refractivity contribution in [3.05, 3.63) is 40.3 Å². The molecular weight excluding hydrogens is 346 g/mol. The van der Waals surface area contributed by atoms with Crippen LogP contribution in [0.25, 0.3) is 6.08 Å². The van der Waals surface area contributed by atoms with Crippen molar-refractivity contribution >= 4 is 56.7 Å². The Balaban J connectivity index is 2.16. The summed E-state index contributed by atoms with van der Waals surface area (Å²) >= 11 is 6.10. The quantitative estimate of drug-likeness (QED) is 0.370. The Morgan fingerprint density at radius 3 is 2.36 bits per heavy atom. The van der Waals surface area contributed by atoms with Crippen molar-refractivity contribution in [2.75, 3.05) is 12.3 Å². The first kappa shape index (κ1) is 16.8. The number of carbonyl (C=O) groups excluding carboxylic acids is 2. The topological polar surface area (TPSA) is 91.8 Å². The highest BCUT2D eigenvalue weighted by atomic mass is 32.2. The third-order valence-electron chi connectivity index (χ3n) is 2.82. The predicted octanol–water partition coefficient (Wildman–Crippen LogP) is 1.59. The average Bonchev–Trinajstić information content (AvgIpc) is 2.71. The van der Waals surface area contributed by atoms with Crippen LogP contribution in [0, 0.1) is 0 Å². The molecule has 0 radical (unpaired) electrons. The van der Waals surface area contributed by atoms with Gasteiger partial charge < -0.3 is 0 Å². The fourth-order valence-corrected chi connectivity index (χ4v) is 3.44. The van der Waals surface area contributed by atoms with Gasteiger partial charge in [-0.3, -0.25) is 19.0 Å². The second kappa shape index (κ2) is 6.69. The molecule has 1 aromatic rings. The molecule has 22 heavy (non-hydrogen) atoms. The maximum absolute atomic E-state index is 12.2. The molecule has 1 N–H and O–H groups in total. The number of hydrogen-bond donors (Lipinski definition) is 1. The second-order valence-corrected chi connectivity index (χ2v) is 7.65. The van der Waals surface area contributed by atoms with E-state index in [0.717, 1.165) is 28.5 Å². The van der Waals surface area contributed by atoms with E-state index in [9.17, 15) is 18.0 Å². The van der Waals surface area contributed by atoms with Crippen LogP contribution in [0.3, 0.4) is 0 Å². The van der Waals surface area contributed by atoms with Gasteiger partial charge in [0, 0.05) is 12.1 Å². The molecule has 0 aliphatic carbocycles. The molecule has 1 heterocycles. The second-order valence-electron chi connectivity index (χ2n) is 4.40. The first-order chi connectivity index (χ1) is 10.3. The Kier molecular flexibility index (Phi) is 5.12. The molecular formula is C13H11NO5S3. The summed E-state index contributed by atoms with van der Waals surface area (Å²) in [6, 6.07) is 6.62. The predicted molar refractivity (Wildman–Crippen MR) is 88.1 cm³/mol. The van der Waals surface area contributed by atoms with Gasteiger partial charge in [-0.25, -0.2) is 0 Å². The number of benzene rings is 1. The van der Waals surface area contributed by atoms with Gasteiger partial charge in [0.25, 0.3) is 16.0 Å². The van der Waals surface area contributed by atoms with Gasteiger partial charge in [-0.1, -0.05) is 48.2 Å². The van der Waals surface area contributed by atoms with Crippen LogP contribution in [0.1, 0.15) is 15.9 Å². The Labute approximate surface area is 136 Å². The minimum atomic E-state index is -4.16. The first-order valence-electron chi connectivity index (χ1n) is 6.06. The largest absolute Gasteiger partial charge is 0.298 e. The minimum absolute atomic E-state index is 0.190. The van der Waals surface area contributed by atoms with E-state index in [2.05, 4.69) is 0 Å². The fraction of sp³-hybridized carbons (Fsp3) is 0.154. The van der Waals surface area contributed by atoms with Crippen LogP contribution in [0.5, 0.6) is 0 Å². The lowest BCUT2D eigenvalue weighted by atomic mass is 10.1. The van der Waals surface area contributed by atoms with E-state index in [0.29, 0.717) is 10.5 Å². The molecule has 0 unspecified atom stereocenters. The van der Waals surface area contributed by atoms with Crippen molar-refractivity contribution in [3.8, 4) is 0 Å². The smallest absolute Gasteiger partial charge is 0.266 e. The molecule has 0 spiro atoms. The molecule has 0 saturated carbocycles. The number of carbonyl (C=O) groups is 2. The van der Waals surface area contributed by atoms with E-state index >= 15 is 0 Å². The Morgan fingerprint density at radius 1 is 1.23 bits per heavy atom. The molecule has 2 rings (SSSR count). The molecule has 0 aromatic heterocycles. The molecule has 1 aliphatic rings. The van der Waals surface area contributed by atoms with Gasteiger partial charge in [-0.05, 0) is 11.6 Å². The molecule has 6 nitrogen and oxygen atoms in total. The third-order valence-corrected chi connectivity index (χ3v) is 4.89. The third kappa shape index (κ3) is 4.23. The van der Waals surface area contributed by atoms with Gasteiger partial charge in [0.05, 0.1) is 10.7 Å². The van der Waals surface area contributed by atoms with E-state index in [1.165, 1.54) is 0 Å². The Morgan fingerprint density at radius 2 is 1.82 bits per heavy atom. The summed E-state index contributed by atoms with van der Waals surface area (Å²) < 4.78 is 30.5. The van der Waals surface area contributed by atoms with Gasteiger partial charge in [0.2, 0.25) is 0 Å². The van der Waals surface area contributed by atoms with Gasteiger partial charge in [-0.15, -0.1) is 0 Å². The van der Waals surface area contributed by atoms with Crippen LogP contribution < -0.4 is 0 Å². The number of nitrogens with zero attached hydrogens (tertiary/aromatic N) is 1. The lowest BCUT2D eigenvalue weighted by molar-refractivity contribution is -0.121.